The number of carboxylic acid groups (broad SMARTS) is 1. The van der Waals surface area contributed by atoms with Crippen LogP contribution in [0.25, 0.3) is 0 Å². The fourth-order valence-corrected chi connectivity index (χ4v) is 3.22. The topological polar surface area (TPSA) is 76.1 Å². The molecule has 0 unspecified atom stereocenters. The van der Waals surface area contributed by atoms with Crippen molar-refractivity contribution in [3.63, 3.8) is 0 Å². The predicted octanol–water partition coefficient (Wildman–Crippen LogP) is 1.89. The molecule has 0 aromatic heterocycles. The molecule has 0 radical (unpaired) electrons. The van der Waals surface area contributed by atoms with Crippen LogP contribution in [0.5, 0.6) is 0 Å². The van der Waals surface area contributed by atoms with E-state index in [-0.39, 0.29) is 31.1 Å². The lowest BCUT2D eigenvalue weighted by atomic mass is 9.85. The number of carboxylic acids is 1. The van der Waals surface area contributed by atoms with Crippen LogP contribution in [0.1, 0.15) is 18.9 Å². The van der Waals surface area contributed by atoms with Gasteiger partial charge in [-0.05, 0) is 5.56 Å². The molecule has 118 valence electrons. The lowest BCUT2D eigenvalue weighted by Gasteiger charge is -2.41. The molecular formula is C16H19NO5. The van der Waals surface area contributed by atoms with Crippen molar-refractivity contribution in [2.75, 3.05) is 6.61 Å². The molecule has 2 heterocycles. The van der Waals surface area contributed by atoms with Gasteiger partial charge in [0.05, 0.1) is 18.8 Å². The number of carbonyl (C=O) groups excluding carboxylic acids is 1. The van der Waals surface area contributed by atoms with Gasteiger partial charge in [-0.15, -0.1) is 0 Å². The van der Waals surface area contributed by atoms with Gasteiger partial charge in [0.25, 0.3) is 0 Å². The summed E-state index contributed by atoms with van der Waals surface area (Å²) in [6.45, 7) is 2.64. The Balaban J connectivity index is 1.72. The zero-order valence-electron chi connectivity index (χ0n) is 12.3. The molecule has 4 atom stereocenters. The van der Waals surface area contributed by atoms with Crippen LogP contribution >= 0.6 is 0 Å². The van der Waals surface area contributed by atoms with E-state index in [2.05, 4.69) is 0 Å². The largest absolute Gasteiger partial charge is 0.480 e. The van der Waals surface area contributed by atoms with Gasteiger partial charge in [0, 0.05) is 12.3 Å². The molecule has 6 nitrogen and oxygen atoms in total. The van der Waals surface area contributed by atoms with Crippen molar-refractivity contribution < 1.29 is 24.2 Å². The molecule has 1 amide bonds. The highest BCUT2D eigenvalue weighted by atomic mass is 16.6. The van der Waals surface area contributed by atoms with E-state index in [9.17, 15) is 14.7 Å². The van der Waals surface area contributed by atoms with Gasteiger partial charge >= 0.3 is 12.1 Å². The van der Waals surface area contributed by atoms with E-state index >= 15 is 0 Å². The maximum absolute atomic E-state index is 11.8. The van der Waals surface area contributed by atoms with Crippen LogP contribution in [0.2, 0.25) is 0 Å². The number of ether oxygens (including phenoxy) is 2. The zero-order chi connectivity index (χ0) is 15.7. The van der Waals surface area contributed by atoms with Gasteiger partial charge in [-0.25, -0.2) is 9.59 Å². The Morgan fingerprint density at radius 2 is 2.14 bits per heavy atom. The minimum atomic E-state index is -1.01. The molecule has 2 saturated heterocycles. The summed E-state index contributed by atoms with van der Waals surface area (Å²) in [5.41, 5.74) is 1.04. The summed E-state index contributed by atoms with van der Waals surface area (Å²) in [6, 6.07) is 8.64. The summed E-state index contributed by atoms with van der Waals surface area (Å²) >= 11 is 0. The van der Waals surface area contributed by atoms with Crippen LogP contribution in [0.15, 0.2) is 30.3 Å². The van der Waals surface area contributed by atoms with Crippen molar-refractivity contribution in [3.8, 4) is 0 Å². The Hall–Kier alpha value is -2.08. The van der Waals surface area contributed by atoms with Crippen molar-refractivity contribution in [3.05, 3.63) is 35.9 Å². The Morgan fingerprint density at radius 3 is 2.82 bits per heavy atom. The molecule has 2 aliphatic rings. The number of carbonyl (C=O) groups is 2. The molecule has 2 aliphatic heterocycles. The second-order valence-corrected chi connectivity index (χ2v) is 5.84. The molecule has 22 heavy (non-hydrogen) atoms. The fraction of sp³-hybridized carbons (Fsp3) is 0.500. The van der Waals surface area contributed by atoms with Gasteiger partial charge in [0.1, 0.15) is 12.6 Å². The molecule has 1 aromatic rings. The molecule has 0 aliphatic carbocycles. The average Bonchev–Trinajstić information content (AvgIpc) is 2.90. The highest BCUT2D eigenvalue weighted by Crippen LogP contribution is 2.35. The predicted molar refractivity (Wildman–Crippen MR) is 77.2 cm³/mol. The maximum atomic E-state index is 11.8. The Labute approximate surface area is 128 Å². The summed E-state index contributed by atoms with van der Waals surface area (Å²) in [5, 5.41) is 9.39. The van der Waals surface area contributed by atoms with Crippen molar-refractivity contribution in [1.29, 1.82) is 0 Å². The molecule has 1 N–H and O–H groups in total. The molecule has 0 spiro atoms. The normalized spacial score (nSPS) is 30.8. The number of nitrogens with zero attached hydrogens (tertiary/aromatic N) is 1. The Morgan fingerprint density at radius 1 is 1.41 bits per heavy atom. The first-order valence-corrected chi connectivity index (χ1v) is 7.41. The van der Waals surface area contributed by atoms with Crippen LogP contribution < -0.4 is 0 Å². The van der Waals surface area contributed by atoms with Crippen molar-refractivity contribution in [2.24, 2.45) is 5.92 Å². The first-order chi connectivity index (χ1) is 10.6. The van der Waals surface area contributed by atoms with Gasteiger partial charge in [-0.3, -0.25) is 4.90 Å². The number of hydrogen-bond donors (Lipinski definition) is 1. The van der Waals surface area contributed by atoms with Crippen molar-refractivity contribution in [2.45, 2.75) is 38.1 Å². The number of fused-ring (bicyclic) bond motifs is 1. The Kier molecular flexibility index (Phi) is 4.02. The zero-order valence-corrected chi connectivity index (χ0v) is 12.3. The first kappa shape index (κ1) is 14.8. The Bertz CT molecular complexity index is 561. The maximum Gasteiger partial charge on any atom is 0.410 e. The van der Waals surface area contributed by atoms with Crippen LogP contribution in [0.4, 0.5) is 4.79 Å². The van der Waals surface area contributed by atoms with Crippen molar-refractivity contribution >= 4 is 12.1 Å². The molecule has 2 fully saturated rings. The van der Waals surface area contributed by atoms with E-state index in [1.165, 1.54) is 4.90 Å². The van der Waals surface area contributed by atoms with Crippen LogP contribution in [-0.2, 0) is 20.9 Å². The number of piperidine rings is 1. The highest BCUT2D eigenvalue weighted by molar-refractivity contribution is 5.81. The lowest BCUT2D eigenvalue weighted by Crippen LogP contribution is -2.57. The monoisotopic (exact) mass is 305 g/mol. The third-order valence-electron chi connectivity index (χ3n) is 4.52. The number of amides is 1. The quantitative estimate of drug-likeness (QED) is 0.919. The van der Waals surface area contributed by atoms with Gasteiger partial charge in [-0.2, -0.15) is 0 Å². The number of rotatable bonds is 4. The van der Waals surface area contributed by atoms with E-state index in [1.807, 2.05) is 37.3 Å². The van der Waals surface area contributed by atoms with Gasteiger partial charge in [-0.1, -0.05) is 37.3 Å². The van der Waals surface area contributed by atoms with E-state index in [0.29, 0.717) is 6.61 Å². The summed E-state index contributed by atoms with van der Waals surface area (Å²) < 4.78 is 11.0. The smallest absolute Gasteiger partial charge is 0.410 e. The second-order valence-electron chi connectivity index (χ2n) is 5.84. The molecule has 1 aromatic carbocycles. The molecule has 3 rings (SSSR count). The fourth-order valence-electron chi connectivity index (χ4n) is 3.22. The second kappa shape index (κ2) is 5.96. The van der Waals surface area contributed by atoms with Gasteiger partial charge < -0.3 is 14.6 Å². The molecule has 0 saturated carbocycles. The molecular weight excluding hydrogens is 286 g/mol. The number of hydrogen-bond acceptors (Lipinski definition) is 4. The standard InChI is InChI=1S/C16H19NO5/c1-10-13-9-22-16(20)17(13)12(15(18)19)7-14(10)21-8-11-5-3-2-4-6-11/h2-6,10,12-14H,7-9H2,1H3,(H,18,19)/t10-,12+,13-,14+/m0/s1. The van der Waals surface area contributed by atoms with Gasteiger partial charge in [0.2, 0.25) is 0 Å². The van der Waals surface area contributed by atoms with Crippen molar-refractivity contribution in [1.82, 2.24) is 4.90 Å². The SMILES string of the molecule is C[C@@H]1[C@H](OCc2ccccc2)C[C@H](C(=O)O)N2C(=O)OC[C@@H]12. The van der Waals surface area contributed by atoms with E-state index in [4.69, 9.17) is 9.47 Å². The van der Waals surface area contributed by atoms with Crippen LogP contribution in [0, 0.1) is 5.92 Å². The molecule has 6 heteroatoms. The number of benzene rings is 1. The highest BCUT2D eigenvalue weighted by Gasteiger charge is 2.51. The lowest BCUT2D eigenvalue weighted by molar-refractivity contribution is -0.149. The van der Waals surface area contributed by atoms with E-state index < -0.39 is 18.1 Å². The minimum Gasteiger partial charge on any atom is -0.480 e. The summed E-state index contributed by atoms with van der Waals surface area (Å²) in [6.07, 6.45) is -0.461. The van der Waals surface area contributed by atoms with Gasteiger partial charge in [0.15, 0.2) is 0 Å². The van der Waals surface area contributed by atoms with E-state index in [0.717, 1.165) is 5.56 Å². The summed E-state index contributed by atoms with van der Waals surface area (Å²) in [4.78, 5) is 24.6. The number of aliphatic carboxylic acids is 1. The summed E-state index contributed by atoms with van der Waals surface area (Å²) in [7, 11) is 0. The molecule has 0 bridgehead atoms. The third kappa shape index (κ3) is 2.66. The number of cyclic esters (lactones) is 1. The van der Waals surface area contributed by atoms with E-state index in [1.54, 1.807) is 0 Å². The average molecular weight is 305 g/mol. The third-order valence-corrected chi connectivity index (χ3v) is 4.52. The minimum absolute atomic E-state index is 0.0331. The van der Waals surface area contributed by atoms with Crippen LogP contribution in [-0.4, -0.2) is 46.9 Å². The summed E-state index contributed by atoms with van der Waals surface area (Å²) in [5.74, 6) is -0.977. The first-order valence-electron chi connectivity index (χ1n) is 7.41. The van der Waals surface area contributed by atoms with Crippen LogP contribution in [0.3, 0.4) is 0 Å².